The topological polar surface area (TPSA) is 86.6 Å². The highest BCUT2D eigenvalue weighted by Crippen LogP contribution is 2.31. The zero-order chi connectivity index (χ0) is 19.5. The van der Waals surface area contributed by atoms with Crippen LogP contribution in [0.1, 0.15) is 5.56 Å². The summed E-state index contributed by atoms with van der Waals surface area (Å²) in [6.07, 6.45) is 0. The summed E-state index contributed by atoms with van der Waals surface area (Å²) < 4.78 is 0. The van der Waals surface area contributed by atoms with E-state index in [0.717, 1.165) is 49.4 Å². The van der Waals surface area contributed by atoms with Crippen molar-refractivity contribution in [3.8, 4) is 0 Å². The van der Waals surface area contributed by atoms with Crippen LogP contribution in [-0.2, 0) is 0 Å². The highest BCUT2D eigenvalue weighted by molar-refractivity contribution is 6.07. The van der Waals surface area contributed by atoms with E-state index in [1.807, 2.05) is 49.4 Å². The first-order chi connectivity index (χ1) is 14.2. The molecule has 0 atom stereocenters. The van der Waals surface area contributed by atoms with Crippen molar-refractivity contribution in [3.63, 3.8) is 0 Å². The number of hydrogen-bond acceptors (Lipinski definition) is 4. The molecule has 4 heterocycles. The van der Waals surface area contributed by atoms with Crippen molar-refractivity contribution in [2.24, 2.45) is 5.84 Å². The molecule has 0 unspecified atom stereocenters. The van der Waals surface area contributed by atoms with Gasteiger partial charge in [0.25, 0.3) is 0 Å². The largest absolute Gasteiger partial charge is 0.339 e. The van der Waals surface area contributed by atoms with Crippen molar-refractivity contribution < 1.29 is 0 Å². The molecular formula is C23H18N6. The normalized spacial score (nSPS) is 11.8. The molecule has 0 fully saturated rings. The number of hydrogen-bond donors (Lipinski definition) is 3. The molecule has 6 heteroatoms. The summed E-state index contributed by atoms with van der Waals surface area (Å²) in [6, 6.07) is 22.5. The van der Waals surface area contributed by atoms with Gasteiger partial charge >= 0.3 is 0 Å². The molecule has 6 nitrogen and oxygen atoms in total. The van der Waals surface area contributed by atoms with Crippen LogP contribution in [0.5, 0.6) is 0 Å². The molecule has 0 bridgehead atoms. The van der Waals surface area contributed by atoms with Crippen LogP contribution in [-0.4, -0.2) is 19.9 Å². The second-order valence-corrected chi connectivity index (χ2v) is 7.30. The fourth-order valence-corrected chi connectivity index (χ4v) is 4.06. The lowest BCUT2D eigenvalue weighted by atomic mass is 10.1. The van der Waals surface area contributed by atoms with Crippen LogP contribution in [0.25, 0.3) is 43.9 Å². The lowest BCUT2D eigenvalue weighted by molar-refractivity contribution is 1.000. The highest BCUT2D eigenvalue weighted by atomic mass is 15.5. The van der Waals surface area contributed by atoms with E-state index in [0.29, 0.717) is 11.6 Å². The van der Waals surface area contributed by atoms with Crippen molar-refractivity contribution in [3.05, 3.63) is 72.3 Å². The van der Waals surface area contributed by atoms with E-state index in [1.165, 1.54) is 0 Å². The number of pyridine rings is 2. The molecule has 4 aromatic heterocycles. The van der Waals surface area contributed by atoms with E-state index < -0.39 is 0 Å². The zero-order valence-corrected chi connectivity index (χ0v) is 15.8. The third-order valence-corrected chi connectivity index (χ3v) is 5.48. The smallest absolute Gasteiger partial charge is 0.154 e. The predicted molar refractivity (Wildman–Crippen MR) is 118 cm³/mol. The van der Waals surface area contributed by atoms with Gasteiger partial charge in [0.1, 0.15) is 11.3 Å². The minimum atomic E-state index is 0.634. The first-order valence-corrected chi connectivity index (χ1v) is 9.49. The molecule has 2 aromatic carbocycles. The number of H-pyrrole nitrogens is 2. The van der Waals surface area contributed by atoms with Crippen molar-refractivity contribution in [2.75, 3.05) is 5.01 Å². The summed E-state index contributed by atoms with van der Waals surface area (Å²) in [5.41, 5.74) is 4.73. The minimum Gasteiger partial charge on any atom is -0.339 e. The molecule has 0 saturated heterocycles. The molecule has 0 aliphatic heterocycles. The molecule has 0 aliphatic rings. The van der Waals surface area contributed by atoms with Crippen molar-refractivity contribution in [1.82, 2.24) is 19.9 Å². The van der Waals surface area contributed by atoms with Crippen LogP contribution in [0, 0.1) is 6.92 Å². The summed E-state index contributed by atoms with van der Waals surface area (Å²) in [5, 5.41) is 6.03. The van der Waals surface area contributed by atoms with Gasteiger partial charge in [-0.1, -0.05) is 36.4 Å². The Balaban J connectivity index is 1.50. The molecule has 140 valence electrons. The van der Waals surface area contributed by atoms with E-state index >= 15 is 0 Å². The van der Waals surface area contributed by atoms with Gasteiger partial charge < -0.3 is 9.97 Å². The summed E-state index contributed by atoms with van der Waals surface area (Å²) >= 11 is 0. The van der Waals surface area contributed by atoms with Gasteiger partial charge in [-0.15, -0.1) is 0 Å². The number of nitrogens with two attached hydrogens (primary N) is 1. The standard InChI is InChI=1S/C23H18N6/c1-13-12-17-15-7-3-5-9-19(15)26-22(17)28-23(13)29(24)20-11-10-16-14-6-2-4-8-18(14)25-21(16)27-20/h2-12H,24H2,1H3,(H,25,27)(H,26,28). The fourth-order valence-electron chi connectivity index (χ4n) is 4.06. The molecular weight excluding hydrogens is 360 g/mol. The monoisotopic (exact) mass is 378 g/mol. The number of rotatable bonds is 2. The van der Waals surface area contributed by atoms with Gasteiger partial charge in [0, 0.05) is 32.6 Å². The van der Waals surface area contributed by atoms with Gasteiger partial charge in [0.05, 0.1) is 0 Å². The number of para-hydroxylation sites is 2. The zero-order valence-electron chi connectivity index (χ0n) is 15.8. The molecule has 4 N–H and O–H groups in total. The maximum atomic E-state index is 6.47. The Labute approximate surface area is 166 Å². The summed E-state index contributed by atoms with van der Waals surface area (Å²) in [4.78, 5) is 16.3. The number of fused-ring (bicyclic) bond motifs is 6. The summed E-state index contributed by atoms with van der Waals surface area (Å²) in [6.45, 7) is 2.02. The number of aromatic nitrogens is 4. The molecule has 29 heavy (non-hydrogen) atoms. The van der Waals surface area contributed by atoms with Crippen LogP contribution < -0.4 is 10.9 Å². The van der Waals surface area contributed by atoms with Crippen LogP contribution in [0.3, 0.4) is 0 Å². The molecule has 0 saturated carbocycles. The number of anilines is 2. The highest BCUT2D eigenvalue weighted by Gasteiger charge is 2.16. The van der Waals surface area contributed by atoms with E-state index in [1.54, 1.807) is 5.01 Å². The van der Waals surface area contributed by atoms with E-state index in [2.05, 4.69) is 34.2 Å². The Bertz CT molecular complexity index is 1540. The second-order valence-electron chi connectivity index (χ2n) is 7.30. The molecule has 0 amide bonds. The van der Waals surface area contributed by atoms with Gasteiger partial charge in [-0.2, -0.15) is 0 Å². The first-order valence-electron chi connectivity index (χ1n) is 9.49. The SMILES string of the molecule is Cc1cc2c(nc1N(N)c1ccc3c(n1)[nH]c1ccccc13)[nH]c1ccccc12. The maximum absolute atomic E-state index is 6.47. The van der Waals surface area contributed by atoms with Crippen molar-refractivity contribution in [2.45, 2.75) is 6.92 Å². The first kappa shape index (κ1) is 16.1. The third-order valence-electron chi connectivity index (χ3n) is 5.48. The van der Waals surface area contributed by atoms with Gasteiger partial charge in [0.2, 0.25) is 0 Å². The number of nitrogens with zero attached hydrogens (tertiary/aromatic N) is 3. The van der Waals surface area contributed by atoms with E-state index in [-0.39, 0.29) is 0 Å². The number of nitrogens with one attached hydrogen (secondary N) is 2. The van der Waals surface area contributed by atoms with Crippen molar-refractivity contribution >= 4 is 55.5 Å². The Morgan fingerprint density at radius 2 is 1.34 bits per heavy atom. The van der Waals surface area contributed by atoms with Gasteiger partial charge in [-0.05, 0) is 42.8 Å². The molecule has 0 radical (unpaired) electrons. The molecule has 6 rings (SSSR count). The Kier molecular flexibility index (Phi) is 3.22. The van der Waals surface area contributed by atoms with Gasteiger partial charge in [0.15, 0.2) is 11.6 Å². The van der Waals surface area contributed by atoms with Gasteiger partial charge in [-0.3, -0.25) is 0 Å². The fraction of sp³-hybridized carbons (Fsp3) is 0.0435. The summed E-state index contributed by atoms with van der Waals surface area (Å²) in [5.74, 6) is 7.78. The van der Waals surface area contributed by atoms with Crippen molar-refractivity contribution in [1.29, 1.82) is 0 Å². The van der Waals surface area contributed by atoms with Crippen LogP contribution in [0.15, 0.2) is 66.7 Å². The Hall–Kier alpha value is -3.90. The van der Waals surface area contributed by atoms with E-state index in [4.69, 9.17) is 15.8 Å². The number of aryl methyl sites for hydroxylation is 1. The molecule has 6 aromatic rings. The van der Waals surface area contributed by atoms with Gasteiger partial charge in [-0.25, -0.2) is 20.8 Å². The number of benzene rings is 2. The molecule has 0 aliphatic carbocycles. The summed E-state index contributed by atoms with van der Waals surface area (Å²) in [7, 11) is 0. The number of aromatic amines is 2. The number of hydrazine groups is 1. The van der Waals surface area contributed by atoms with Crippen LogP contribution >= 0.6 is 0 Å². The molecule has 0 spiro atoms. The second kappa shape index (κ2) is 5.80. The average molecular weight is 378 g/mol. The van der Waals surface area contributed by atoms with Crippen LogP contribution in [0.2, 0.25) is 0 Å². The lowest BCUT2D eigenvalue weighted by Gasteiger charge is -2.18. The minimum absolute atomic E-state index is 0.634. The Morgan fingerprint density at radius 3 is 2.07 bits per heavy atom. The average Bonchev–Trinajstić information content (AvgIpc) is 3.30. The third kappa shape index (κ3) is 2.33. The Morgan fingerprint density at radius 1 is 0.724 bits per heavy atom. The predicted octanol–water partition coefficient (Wildman–Crippen LogP) is 5.07. The quantitative estimate of drug-likeness (QED) is 0.290. The van der Waals surface area contributed by atoms with E-state index in [9.17, 15) is 0 Å². The lowest BCUT2D eigenvalue weighted by Crippen LogP contribution is -2.27. The van der Waals surface area contributed by atoms with Crippen LogP contribution in [0.4, 0.5) is 11.6 Å². The maximum Gasteiger partial charge on any atom is 0.154 e.